The molecule has 2 heterocycles. The van der Waals surface area contributed by atoms with Crippen LogP contribution in [0, 0.1) is 6.92 Å². The normalized spacial score (nSPS) is 17.7. The van der Waals surface area contributed by atoms with Crippen molar-refractivity contribution in [2.24, 2.45) is 0 Å². The lowest BCUT2D eigenvalue weighted by Crippen LogP contribution is -2.41. The first kappa shape index (κ1) is 18.2. The van der Waals surface area contributed by atoms with Crippen LogP contribution in [0.1, 0.15) is 24.0 Å². The Morgan fingerprint density at radius 2 is 2.04 bits per heavy atom. The second-order valence-electron chi connectivity index (χ2n) is 6.96. The van der Waals surface area contributed by atoms with Crippen molar-refractivity contribution in [2.45, 2.75) is 32.4 Å². The highest BCUT2D eigenvalue weighted by molar-refractivity contribution is 6.00. The Balaban J connectivity index is 1.51. The lowest BCUT2D eigenvalue weighted by atomic mass is 10.1. The fourth-order valence-corrected chi connectivity index (χ4v) is 3.58. The first-order valence-corrected chi connectivity index (χ1v) is 9.18. The SMILES string of the molecule is COc1ccc(C)cc1NC(=O)C1CCC(=O)N1Cc1ccc2c(c1)OCO2. The van der Waals surface area contributed by atoms with Crippen LogP contribution in [-0.4, -0.2) is 36.7 Å². The molecule has 1 unspecified atom stereocenters. The molecule has 146 valence electrons. The first-order chi connectivity index (χ1) is 13.5. The number of anilines is 1. The molecule has 2 aromatic carbocycles. The molecule has 1 atom stereocenters. The molecule has 0 saturated carbocycles. The molecule has 7 nitrogen and oxygen atoms in total. The van der Waals surface area contributed by atoms with E-state index in [1.54, 1.807) is 12.0 Å². The molecule has 7 heteroatoms. The van der Waals surface area contributed by atoms with E-state index in [1.807, 2.05) is 43.3 Å². The van der Waals surface area contributed by atoms with Crippen LogP contribution in [0.2, 0.25) is 0 Å². The standard InChI is InChI=1S/C21H22N2O5/c1-13-3-6-17(26-2)15(9-13)22-21(25)16-5-8-20(24)23(16)11-14-4-7-18-19(10-14)28-12-27-18/h3-4,6-7,9-10,16H,5,8,11-12H2,1-2H3,(H,22,25). The highest BCUT2D eigenvalue weighted by atomic mass is 16.7. The number of aryl methyl sites for hydroxylation is 1. The Kier molecular flexibility index (Phi) is 4.81. The molecule has 2 amide bonds. The molecular weight excluding hydrogens is 360 g/mol. The van der Waals surface area contributed by atoms with Gasteiger partial charge in [0.25, 0.3) is 0 Å². The molecule has 28 heavy (non-hydrogen) atoms. The molecule has 1 fully saturated rings. The predicted octanol–water partition coefficient (Wildman–Crippen LogP) is 2.86. The van der Waals surface area contributed by atoms with E-state index in [0.29, 0.717) is 42.3 Å². The van der Waals surface area contributed by atoms with Crippen LogP contribution in [0.4, 0.5) is 5.69 Å². The number of fused-ring (bicyclic) bond motifs is 1. The van der Waals surface area contributed by atoms with E-state index in [0.717, 1.165) is 11.1 Å². The second kappa shape index (κ2) is 7.42. The number of carbonyl (C=O) groups is 2. The summed E-state index contributed by atoms with van der Waals surface area (Å²) in [5.41, 5.74) is 2.51. The minimum absolute atomic E-state index is 0.0333. The zero-order valence-corrected chi connectivity index (χ0v) is 15.9. The fraction of sp³-hybridized carbons (Fsp3) is 0.333. The Morgan fingerprint density at radius 1 is 1.21 bits per heavy atom. The summed E-state index contributed by atoms with van der Waals surface area (Å²) in [4.78, 5) is 27.0. The Bertz CT molecular complexity index is 927. The zero-order chi connectivity index (χ0) is 19.7. The van der Waals surface area contributed by atoms with Gasteiger partial charge in [-0.25, -0.2) is 0 Å². The van der Waals surface area contributed by atoms with Gasteiger partial charge in [-0.2, -0.15) is 0 Å². The summed E-state index contributed by atoms with van der Waals surface area (Å²) in [7, 11) is 1.56. The summed E-state index contributed by atoms with van der Waals surface area (Å²) in [6.07, 6.45) is 0.844. The number of rotatable bonds is 5. The summed E-state index contributed by atoms with van der Waals surface area (Å²) in [6, 6.07) is 10.6. The van der Waals surface area contributed by atoms with E-state index in [1.165, 1.54) is 0 Å². The number of amides is 2. The quantitative estimate of drug-likeness (QED) is 0.861. The molecule has 0 aromatic heterocycles. The van der Waals surface area contributed by atoms with E-state index in [4.69, 9.17) is 14.2 Å². The number of hydrogen-bond donors (Lipinski definition) is 1. The van der Waals surface area contributed by atoms with Gasteiger partial charge in [-0.15, -0.1) is 0 Å². The number of methoxy groups -OCH3 is 1. The van der Waals surface area contributed by atoms with Gasteiger partial charge in [0.05, 0.1) is 12.8 Å². The monoisotopic (exact) mass is 382 g/mol. The van der Waals surface area contributed by atoms with Crippen LogP contribution in [-0.2, 0) is 16.1 Å². The van der Waals surface area contributed by atoms with Crippen LogP contribution in [0.3, 0.4) is 0 Å². The maximum absolute atomic E-state index is 12.9. The summed E-state index contributed by atoms with van der Waals surface area (Å²) < 4.78 is 16.1. The van der Waals surface area contributed by atoms with Gasteiger partial charge in [0.1, 0.15) is 11.8 Å². The third kappa shape index (κ3) is 3.47. The third-order valence-corrected chi connectivity index (χ3v) is 5.03. The zero-order valence-electron chi connectivity index (χ0n) is 15.9. The summed E-state index contributed by atoms with van der Waals surface area (Å²) in [5, 5.41) is 2.92. The van der Waals surface area contributed by atoms with Gasteiger partial charge in [-0.3, -0.25) is 9.59 Å². The van der Waals surface area contributed by atoms with Crippen molar-refractivity contribution in [3.05, 3.63) is 47.5 Å². The van der Waals surface area contributed by atoms with Crippen molar-refractivity contribution >= 4 is 17.5 Å². The molecule has 2 aliphatic rings. The van der Waals surface area contributed by atoms with Crippen molar-refractivity contribution in [1.82, 2.24) is 4.90 Å². The topological polar surface area (TPSA) is 77.1 Å². The van der Waals surface area contributed by atoms with Gasteiger partial charge >= 0.3 is 0 Å². The predicted molar refractivity (Wildman–Crippen MR) is 102 cm³/mol. The van der Waals surface area contributed by atoms with Crippen LogP contribution in [0.25, 0.3) is 0 Å². The van der Waals surface area contributed by atoms with Gasteiger partial charge in [0.15, 0.2) is 11.5 Å². The van der Waals surface area contributed by atoms with Crippen LogP contribution < -0.4 is 19.5 Å². The minimum Gasteiger partial charge on any atom is -0.495 e. The number of nitrogens with one attached hydrogen (secondary N) is 1. The highest BCUT2D eigenvalue weighted by Gasteiger charge is 2.36. The van der Waals surface area contributed by atoms with Gasteiger partial charge in [0, 0.05) is 13.0 Å². The largest absolute Gasteiger partial charge is 0.495 e. The molecule has 1 N–H and O–H groups in total. The number of ether oxygens (including phenoxy) is 3. The van der Waals surface area contributed by atoms with Crippen LogP contribution in [0.15, 0.2) is 36.4 Å². The third-order valence-electron chi connectivity index (χ3n) is 5.03. The molecule has 0 aliphatic carbocycles. The minimum atomic E-state index is -0.525. The average Bonchev–Trinajstić information content (AvgIpc) is 3.29. The first-order valence-electron chi connectivity index (χ1n) is 9.18. The maximum Gasteiger partial charge on any atom is 0.247 e. The van der Waals surface area contributed by atoms with E-state index in [9.17, 15) is 9.59 Å². The lowest BCUT2D eigenvalue weighted by Gasteiger charge is -2.24. The fourth-order valence-electron chi connectivity index (χ4n) is 3.58. The number of nitrogens with zero attached hydrogens (tertiary/aromatic N) is 1. The molecule has 2 aromatic rings. The summed E-state index contributed by atoms with van der Waals surface area (Å²) in [5.74, 6) is 1.70. The second-order valence-corrected chi connectivity index (χ2v) is 6.96. The van der Waals surface area contributed by atoms with Crippen LogP contribution in [0.5, 0.6) is 17.2 Å². The van der Waals surface area contributed by atoms with E-state index >= 15 is 0 Å². The molecule has 2 aliphatic heterocycles. The van der Waals surface area contributed by atoms with Gasteiger partial charge in [-0.05, 0) is 48.7 Å². The Hall–Kier alpha value is -3.22. The van der Waals surface area contributed by atoms with E-state index in [-0.39, 0.29) is 18.6 Å². The highest BCUT2D eigenvalue weighted by Crippen LogP contribution is 2.34. The smallest absolute Gasteiger partial charge is 0.247 e. The van der Waals surface area contributed by atoms with Crippen molar-refractivity contribution in [2.75, 3.05) is 19.2 Å². The van der Waals surface area contributed by atoms with E-state index < -0.39 is 6.04 Å². The summed E-state index contributed by atoms with van der Waals surface area (Å²) in [6.45, 7) is 2.49. The lowest BCUT2D eigenvalue weighted by molar-refractivity contribution is -0.133. The molecule has 0 spiro atoms. The van der Waals surface area contributed by atoms with Crippen molar-refractivity contribution in [3.63, 3.8) is 0 Å². The van der Waals surface area contributed by atoms with Gasteiger partial charge < -0.3 is 24.4 Å². The van der Waals surface area contributed by atoms with Crippen LogP contribution >= 0.6 is 0 Å². The van der Waals surface area contributed by atoms with Crippen molar-refractivity contribution in [3.8, 4) is 17.2 Å². The Morgan fingerprint density at radius 3 is 2.86 bits per heavy atom. The van der Waals surface area contributed by atoms with Crippen molar-refractivity contribution < 1.29 is 23.8 Å². The summed E-state index contributed by atoms with van der Waals surface area (Å²) >= 11 is 0. The van der Waals surface area contributed by atoms with E-state index in [2.05, 4.69) is 5.32 Å². The molecule has 1 saturated heterocycles. The maximum atomic E-state index is 12.9. The van der Waals surface area contributed by atoms with Gasteiger partial charge in [0.2, 0.25) is 18.6 Å². The number of benzene rings is 2. The Labute approximate surface area is 163 Å². The molecule has 4 rings (SSSR count). The molecule has 0 radical (unpaired) electrons. The molecule has 0 bridgehead atoms. The molecular formula is C21H22N2O5. The van der Waals surface area contributed by atoms with Gasteiger partial charge in [-0.1, -0.05) is 12.1 Å². The van der Waals surface area contributed by atoms with Crippen molar-refractivity contribution in [1.29, 1.82) is 0 Å². The number of hydrogen-bond acceptors (Lipinski definition) is 5. The number of carbonyl (C=O) groups excluding carboxylic acids is 2. The average molecular weight is 382 g/mol. The number of likely N-dealkylation sites (tertiary alicyclic amines) is 1.